The molecule has 6 heteroatoms. The van der Waals surface area contributed by atoms with Crippen LogP contribution in [0.3, 0.4) is 0 Å². The Labute approximate surface area is 92.8 Å². The monoisotopic (exact) mass is 229 g/mol. The van der Waals surface area contributed by atoms with Crippen LogP contribution in [-0.2, 0) is 4.79 Å². The highest BCUT2D eigenvalue weighted by molar-refractivity contribution is 8.14. The third-order valence-electron chi connectivity index (χ3n) is 2.03. The van der Waals surface area contributed by atoms with Gasteiger partial charge in [0.15, 0.2) is 5.17 Å². The van der Waals surface area contributed by atoms with E-state index in [0.29, 0.717) is 5.17 Å². The fourth-order valence-corrected chi connectivity index (χ4v) is 1.85. The van der Waals surface area contributed by atoms with Gasteiger partial charge in [0.2, 0.25) is 0 Å². The molecule has 0 aromatic carbocycles. The predicted octanol–water partition coefficient (Wildman–Crippen LogP) is 1.44. The summed E-state index contributed by atoms with van der Waals surface area (Å²) < 4.78 is 0. The average Bonchev–Trinajstić information content (AvgIpc) is 2.20. The van der Waals surface area contributed by atoms with E-state index in [1.807, 2.05) is 0 Å². The summed E-state index contributed by atoms with van der Waals surface area (Å²) in [6.07, 6.45) is 3.79. The first-order valence-corrected chi connectivity index (χ1v) is 5.90. The minimum Gasteiger partial charge on any atom is -0.481 e. The molecular weight excluding hydrogens is 214 g/mol. The lowest BCUT2D eigenvalue weighted by Crippen LogP contribution is -2.15. The summed E-state index contributed by atoms with van der Waals surface area (Å²) in [5, 5.41) is 16.7. The summed E-state index contributed by atoms with van der Waals surface area (Å²) >= 11 is 1.50. The van der Waals surface area contributed by atoms with Crippen LogP contribution in [0.15, 0.2) is 10.2 Å². The van der Waals surface area contributed by atoms with Crippen LogP contribution >= 0.6 is 11.8 Å². The largest absolute Gasteiger partial charge is 0.481 e. The molecule has 0 aromatic heterocycles. The van der Waals surface area contributed by atoms with Gasteiger partial charge in [0.25, 0.3) is 0 Å². The fraction of sp³-hybridized carbons (Fsp3) is 0.667. The smallest absolute Gasteiger partial charge is 0.303 e. The normalized spacial score (nSPS) is 15.7. The lowest BCUT2D eigenvalue weighted by atomic mass is 10.1. The molecule has 1 aliphatic rings. The molecule has 84 valence electrons. The Balaban J connectivity index is 2.08. The first kappa shape index (κ1) is 12.0. The number of aliphatic carboxylic acids is 1. The van der Waals surface area contributed by atoms with Gasteiger partial charge in [-0.15, -0.1) is 5.10 Å². The first-order chi connectivity index (χ1) is 7.18. The Morgan fingerprint density at radius 1 is 1.40 bits per heavy atom. The molecule has 0 saturated heterocycles. The van der Waals surface area contributed by atoms with Crippen molar-refractivity contribution >= 4 is 28.6 Å². The third kappa shape index (κ3) is 5.41. The first-order valence-electron chi connectivity index (χ1n) is 4.92. The Morgan fingerprint density at radius 2 is 2.20 bits per heavy atom. The molecule has 3 N–H and O–H groups in total. The van der Waals surface area contributed by atoms with Crippen LogP contribution in [0, 0.1) is 0 Å². The summed E-state index contributed by atoms with van der Waals surface area (Å²) in [4.78, 5) is 10.2. The molecule has 0 amide bonds. The molecule has 0 spiro atoms. The molecule has 1 rings (SSSR count). The Kier molecular flexibility index (Phi) is 5.17. The van der Waals surface area contributed by atoms with Gasteiger partial charge in [-0.3, -0.25) is 4.79 Å². The number of thioether (sulfide) groups is 1. The molecule has 1 aliphatic heterocycles. The van der Waals surface area contributed by atoms with Crippen molar-refractivity contribution in [2.75, 3.05) is 5.75 Å². The summed E-state index contributed by atoms with van der Waals surface area (Å²) in [6, 6.07) is 0. The van der Waals surface area contributed by atoms with Gasteiger partial charge in [-0.1, -0.05) is 18.2 Å². The highest BCUT2D eigenvalue weighted by atomic mass is 32.2. The maximum atomic E-state index is 10.2. The molecule has 5 nitrogen and oxygen atoms in total. The van der Waals surface area contributed by atoms with Gasteiger partial charge in [-0.25, -0.2) is 0 Å². The zero-order valence-electron chi connectivity index (χ0n) is 8.48. The van der Waals surface area contributed by atoms with Crippen molar-refractivity contribution in [1.82, 2.24) is 0 Å². The van der Waals surface area contributed by atoms with Crippen molar-refractivity contribution in [2.45, 2.75) is 32.1 Å². The number of hydrogen-bond donors (Lipinski definition) is 2. The molecule has 0 aliphatic carbocycles. The van der Waals surface area contributed by atoms with Crippen molar-refractivity contribution in [3.63, 3.8) is 0 Å². The van der Waals surface area contributed by atoms with Crippen LogP contribution < -0.4 is 5.73 Å². The highest BCUT2D eigenvalue weighted by Crippen LogP contribution is 2.12. The third-order valence-corrected chi connectivity index (χ3v) is 2.89. The van der Waals surface area contributed by atoms with Crippen LogP contribution in [0.25, 0.3) is 0 Å². The molecule has 0 saturated carbocycles. The maximum absolute atomic E-state index is 10.2. The molecule has 0 aromatic rings. The molecule has 0 fully saturated rings. The van der Waals surface area contributed by atoms with Gasteiger partial charge in [0.05, 0.1) is 5.71 Å². The number of carbonyl (C=O) groups is 1. The lowest BCUT2D eigenvalue weighted by Gasteiger charge is -2.08. The SMILES string of the molecule is NC1=NN=C(CCCCCC(=O)O)CS1. The van der Waals surface area contributed by atoms with E-state index in [1.165, 1.54) is 11.8 Å². The van der Waals surface area contributed by atoms with Gasteiger partial charge in [-0.05, 0) is 19.3 Å². The summed E-state index contributed by atoms with van der Waals surface area (Å²) in [7, 11) is 0. The summed E-state index contributed by atoms with van der Waals surface area (Å²) in [6.45, 7) is 0. The van der Waals surface area contributed by atoms with E-state index in [4.69, 9.17) is 10.8 Å². The second kappa shape index (κ2) is 6.44. The number of carboxylic acid groups (broad SMARTS) is 1. The second-order valence-corrected chi connectivity index (χ2v) is 4.34. The van der Waals surface area contributed by atoms with Gasteiger partial charge in [-0.2, -0.15) is 5.10 Å². The van der Waals surface area contributed by atoms with Crippen LogP contribution in [0.2, 0.25) is 0 Å². The van der Waals surface area contributed by atoms with E-state index in [0.717, 1.165) is 37.1 Å². The van der Waals surface area contributed by atoms with Crippen LogP contribution in [0.4, 0.5) is 0 Å². The molecular formula is C9H15N3O2S. The van der Waals surface area contributed by atoms with E-state index in [9.17, 15) is 4.79 Å². The minimum absolute atomic E-state index is 0.256. The van der Waals surface area contributed by atoms with Crippen molar-refractivity contribution in [3.05, 3.63) is 0 Å². The number of hydrogen-bond acceptors (Lipinski definition) is 5. The standard InChI is InChI=1S/C9H15N3O2S/c10-9-12-11-7(6-15-9)4-2-1-3-5-8(13)14/h1-6H2,(H2,10,12)(H,13,14). The van der Waals surface area contributed by atoms with Crippen molar-refractivity contribution in [1.29, 1.82) is 0 Å². The van der Waals surface area contributed by atoms with Gasteiger partial charge in [0, 0.05) is 12.2 Å². The zero-order valence-corrected chi connectivity index (χ0v) is 9.29. The van der Waals surface area contributed by atoms with E-state index in [1.54, 1.807) is 0 Å². The van der Waals surface area contributed by atoms with Crippen LogP contribution in [-0.4, -0.2) is 27.7 Å². The summed E-state index contributed by atoms with van der Waals surface area (Å²) in [5.74, 6) is 0.0896. The number of unbranched alkanes of at least 4 members (excludes halogenated alkanes) is 2. The number of nitrogens with zero attached hydrogens (tertiary/aromatic N) is 2. The zero-order chi connectivity index (χ0) is 11.1. The quantitative estimate of drug-likeness (QED) is 0.674. The molecule has 0 unspecified atom stereocenters. The highest BCUT2D eigenvalue weighted by Gasteiger charge is 2.07. The fourth-order valence-electron chi connectivity index (χ4n) is 1.24. The van der Waals surface area contributed by atoms with Crippen molar-refractivity contribution in [3.8, 4) is 0 Å². The van der Waals surface area contributed by atoms with Gasteiger partial charge >= 0.3 is 5.97 Å². The van der Waals surface area contributed by atoms with E-state index < -0.39 is 5.97 Å². The number of carboxylic acids is 1. The lowest BCUT2D eigenvalue weighted by molar-refractivity contribution is -0.137. The van der Waals surface area contributed by atoms with E-state index >= 15 is 0 Å². The van der Waals surface area contributed by atoms with Crippen molar-refractivity contribution < 1.29 is 9.90 Å². The number of rotatable bonds is 6. The second-order valence-electron chi connectivity index (χ2n) is 3.35. The summed E-state index contributed by atoms with van der Waals surface area (Å²) in [5.41, 5.74) is 6.49. The number of amidine groups is 1. The predicted molar refractivity (Wildman–Crippen MR) is 62.2 cm³/mol. The van der Waals surface area contributed by atoms with Gasteiger partial charge in [0.1, 0.15) is 0 Å². The Hall–Kier alpha value is -1.04. The number of nitrogens with two attached hydrogens (primary N) is 1. The van der Waals surface area contributed by atoms with E-state index in [-0.39, 0.29) is 6.42 Å². The van der Waals surface area contributed by atoms with Crippen LogP contribution in [0.5, 0.6) is 0 Å². The Bertz CT molecular complexity index is 289. The molecule has 15 heavy (non-hydrogen) atoms. The minimum atomic E-state index is -0.724. The van der Waals surface area contributed by atoms with Crippen LogP contribution in [0.1, 0.15) is 32.1 Å². The van der Waals surface area contributed by atoms with Crippen molar-refractivity contribution in [2.24, 2.45) is 15.9 Å². The molecule has 1 heterocycles. The topological polar surface area (TPSA) is 88.0 Å². The molecule has 0 atom stereocenters. The van der Waals surface area contributed by atoms with Gasteiger partial charge < -0.3 is 10.8 Å². The molecule has 0 bridgehead atoms. The Morgan fingerprint density at radius 3 is 2.80 bits per heavy atom. The maximum Gasteiger partial charge on any atom is 0.303 e. The average molecular weight is 229 g/mol. The molecule has 0 radical (unpaired) electrons. The van der Waals surface area contributed by atoms with E-state index in [2.05, 4.69) is 10.2 Å².